The Morgan fingerprint density at radius 2 is 1.71 bits per heavy atom. The van der Waals surface area contributed by atoms with Crippen molar-refractivity contribution in [2.75, 3.05) is 26.7 Å². The second kappa shape index (κ2) is 13.4. The Hall–Kier alpha value is -0.940. The zero-order valence-electron chi connectivity index (χ0n) is 16.7. The molecule has 1 aliphatic heterocycles. The molecule has 1 heterocycles. The van der Waals surface area contributed by atoms with E-state index < -0.39 is 0 Å². The standard InChI is InChI=1S/C17H33N3O2.C2H6.2H2/c1-13(2)16(18-4)17(22)19-15(14(3)21)9-8-12-20-10-6-5-7-11-20;1-2;;/h13,15-16,18H,5-12H2,1-4H3,(H,19,22);1-2H3;2*1H. The lowest BCUT2D eigenvalue weighted by Crippen LogP contribution is -2.51. The van der Waals surface area contributed by atoms with Gasteiger partial charge in [-0.1, -0.05) is 34.1 Å². The number of likely N-dealkylation sites (N-methyl/N-ethyl adjacent to an activating group) is 1. The maximum absolute atomic E-state index is 12.3. The van der Waals surface area contributed by atoms with Crippen molar-refractivity contribution < 1.29 is 12.4 Å². The maximum atomic E-state index is 12.3. The van der Waals surface area contributed by atoms with Crippen LogP contribution in [-0.4, -0.2) is 55.4 Å². The second-order valence-electron chi connectivity index (χ2n) is 6.73. The minimum Gasteiger partial charge on any atom is -0.345 e. The molecule has 0 radical (unpaired) electrons. The van der Waals surface area contributed by atoms with Crippen LogP contribution < -0.4 is 10.6 Å². The highest BCUT2D eigenvalue weighted by Gasteiger charge is 2.24. The molecular formula is C19H43N3O2. The Morgan fingerprint density at radius 1 is 1.12 bits per heavy atom. The van der Waals surface area contributed by atoms with E-state index in [0.717, 1.165) is 19.4 Å². The first-order chi connectivity index (χ1) is 11.5. The summed E-state index contributed by atoms with van der Waals surface area (Å²) in [6.07, 6.45) is 5.59. The van der Waals surface area contributed by atoms with Gasteiger partial charge in [-0.3, -0.25) is 9.59 Å². The number of carbonyl (C=O) groups excluding carboxylic acids is 2. The third-order valence-electron chi connectivity index (χ3n) is 4.48. The quantitative estimate of drug-likeness (QED) is 0.674. The highest BCUT2D eigenvalue weighted by molar-refractivity contribution is 5.89. The largest absolute Gasteiger partial charge is 0.345 e. The molecule has 5 heteroatoms. The molecule has 1 saturated heterocycles. The van der Waals surface area contributed by atoms with Gasteiger partial charge in [0.1, 0.15) is 0 Å². The Balaban J connectivity index is -0.00000127. The number of nitrogens with one attached hydrogen (secondary N) is 2. The number of ketones is 1. The van der Waals surface area contributed by atoms with Crippen molar-refractivity contribution in [1.29, 1.82) is 0 Å². The van der Waals surface area contributed by atoms with Crippen LogP contribution in [0.5, 0.6) is 0 Å². The van der Waals surface area contributed by atoms with Gasteiger partial charge in [-0.25, -0.2) is 0 Å². The number of Topliss-reactive ketones (excluding diaryl/α,β-unsaturated/α-hetero) is 1. The number of likely N-dealkylation sites (tertiary alicyclic amines) is 1. The van der Waals surface area contributed by atoms with Crippen LogP contribution in [0, 0.1) is 5.92 Å². The molecule has 1 aliphatic rings. The Morgan fingerprint density at radius 3 is 2.17 bits per heavy atom. The summed E-state index contributed by atoms with van der Waals surface area (Å²) in [7, 11) is 1.78. The lowest BCUT2D eigenvalue weighted by atomic mass is 10.0. The van der Waals surface area contributed by atoms with Crippen LogP contribution >= 0.6 is 0 Å². The summed E-state index contributed by atoms with van der Waals surface area (Å²) in [4.78, 5) is 26.5. The zero-order chi connectivity index (χ0) is 18.5. The summed E-state index contributed by atoms with van der Waals surface area (Å²) in [6, 6.07) is -0.601. The monoisotopic (exact) mass is 345 g/mol. The van der Waals surface area contributed by atoms with Crippen LogP contribution in [0.15, 0.2) is 0 Å². The number of piperidine rings is 1. The Kier molecular flexibility index (Phi) is 12.8. The minimum absolute atomic E-state index is 0. The first kappa shape index (κ1) is 23.1. The van der Waals surface area contributed by atoms with Crippen LogP contribution in [0.2, 0.25) is 0 Å². The Labute approximate surface area is 151 Å². The number of amides is 1. The van der Waals surface area contributed by atoms with E-state index in [-0.39, 0.29) is 32.5 Å². The van der Waals surface area contributed by atoms with E-state index in [9.17, 15) is 9.59 Å². The van der Waals surface area contributed by atoms with Gasteiger partial charge in [0.25, 0.3) is 0 Å². The predicted molar refractivity (Wildman–Crippen MR) is 105 cm³/mol. The summed E-state index contributed by atoms with van der Waals surface area (Å²) >= 11 is 0. The molecule has 0 aromatic heterocycles. The fraction of sp³-hybridized carbons (Fsp3) is 0.895. The van der Waals surface area contributed by atoms with Crippen LogP contribution in [0.25, 0.3) is 0 Å². The van der Waals surface area contributed by atoms with Crippen molar-refractivity contribution >= 4 is 11.7 Å². The Bertz CT molecular complexity index is 363. The van der Waals surface area contributed by atoms with Gasteiger partial charge in [0.15, 0.2) is 5.78 Å². The SMILES string of the molecule is CC.CNC(C(=O)NC(CCCN1CCCCC1)C(C)=O)C(C)C.[HH].[HH]. The van der Waals surface area contributed by atoms with Crippen LogP contribution in [0.1, 0.15) is 69.6 Å². The summed E-state index contributed by atoms with van der Waals surface area (Å²) in [5, 5.41) is 5.94. The molecule has 2 atom stereocenters. The molecule has 2 N–H and O–H groups in total. The van der Waals surface area contributed by atoms with Crippen molar-refractivity contribution in [2.45, 2.75) is 78.8 Å². The van der Waals surface area contributed by atoms with Crippen molar-refractivity contribution in [3.8, 4) is 0 Å². The van der Waals surface area contributed by atoms with Gasteiger partial charge in [0.2, 0.25) is 5.91 Å². The van der Waals surface area contributed by atoms with E-state index in [4.69, 9.17) is 0 Å². The summed E-state index contributed by atoms with van der Waals surface area (Å²) in [6.45, 7) is 12.9. The van der Waals surface area contributed by atoms with Crippen LogP contribution in [-0.2, 0) is 9.59 Å². The number of carbonyl (C=O) groups is 2. The number of hydrogen-bond donors (Lipinski definition) is 2. The number of hydrogen-bond acceptors (Lipinski definition) is 4. The third kappa shape index (κ3) is 8.78. The molecule has 1 amide bonds. The first-order valence-corrected chi connectivity index (χ1v) is 9.66. The van der Waals surface area contributed by atoms with Crippen molar-refractivity contribution in [1.82, 2.24) is 15.5 Å². The van der Waals surface area contributed by atoms with E-state index in [1.54, 1.807) is 14.0 Å². The average Bonchev–Trinajstić information content (AvgIpc) is 2.57. The lowest BCUT2D eigenvalue weighted by molar-refractivity contribution is -0.129. The van der Waals surface area contributed by atoms with Gasteiger partial charge in [-0.05, 0) is 65.2 Å². The van der Waals surface area contributed by atoms with Crippen molar-refractivity contribution in [3.05, 3.63) is 0 Å². The number of nitrogens with zero attached hydrogens (tertiary/aromatic N) is 1. The predicted octanol–water partition coefficient (Wildman–Crippen LogP) is 3.09. The molecule has 0 saturated carbocycles. The van der Waals surface area contributed by atoms with Gasteiger partial charge < -0.3 is 15.5 Å². The summed E-state index contributed by atoms with van der Waals surface area (Å²) in [5.74, 6) is 0.173. The van der Waals surface area contributed by atoms with Crippen LogP contribution in [0.4, 0.5) is 0 Å². The zero-order valence-corrected chi connectivity index (χ0v) is 16.7. The molecule has 1 rings (SSSR count). The molecule has 5 nitrogen and oxygen atoms in total. The highest BCUT2D eigenvalue weighted by Crippen LogP contribution is 2.11. The van der Waals surface area contributed by atoms with Gasteiger partial charge in [0.05, 0.1) is 12.1 Å². The van der Waals surface area contributed by atoms with Crippen molar-refractivity contribution in [2.24, 2.45) is 5.92 Å². The molecule has 24 heavy (non-hydrogen) atoms. The van der Waals surface area contributed by atoms with Gasteiger partial charge in [-0.2, -0.15) is 0 Å². The average molecular weight is 346 g/mol. The molecule has 0 spiro atoms. The van der Waals surface area contributed by atoms with Gasteiger partial charge in [0, 0.05) is 2.85 Å². The maximum Gasteiger partial charge on any atom is 0.237 e. The van der Waals surface area contributed by atoms with E-state index >= 15 is 0 Å². The third-order valence-corrected chi connectivity index (χ3v) is 4.48. The molecule has 1 fully saturated rings. The van der Waals surface area contributed by atoms with E-state index in [1.807, 2.05) is 27.7 Å². The van der Waals surface area contributed by atoms with Crippen LogP contribution in [0.3, 0.4) is 0 Å². The topological polar surface area (TPSA) is 61.4 Å². The van der Waals surface area contributed by atoms with E-state index in [2.05, 4.69) is 15.5 Å². The second-order valence-corrected chi connectivity index (χ2v) is 6.73. The lowest BCUT2D eigenvalue weighted by Gasteiger charge is -2.27. The normalized spacial score (nSPS) is 17.6. The van der Waals surface area contributed by atoms with Gasteiger partial charge in [-0.15, -0.1) is 0 Å². The molecule has 2 unspecified atom stereocenters. The molecule has 0 bridgehead atoms. The smallest absolute Gasteiger partial charge is 0.237 e. The summed E-state index contributed by atoms with van der Waals surface area (Å²) in [5.41, 5.74) is 0. The first-order valence-electron chi connectivity index (χ1n) is 9.66. The minimum atomic E-state index is -0.355. The van der Waals surface area contributed by atoms with Crippen molar-refractivity contribution in [3.63, 3.8) is 0 Å². The van der Waals surface area contributed by atoms with E-state index in [0.29, 0.717) is 0 Å². The highest BCUT2D eigenvalue weighted by atomic mass is 16.2. The van der Waals surface area contributed by atoms with Gasteiger partial charge >= 0.3 is 0 Å². The molecule has 0 aromatic carbocycles. The molecule has 146 valence electrons. The summed E-state index contributed by atoms with van der Waals surface area (Å²) < 4.78 is 0. The molecule has 0 aliphatic carbocycles. The fourth-order valence-electron chi connectivity index (χ4n) is 3.11. The van der Waals surface area contributed by atoms with E-state index in [1.165, 1.54) is 32.4 Å². The molecule has 0 aromatic rings. The fourth-order valence-corrected chi connectivity index (χ4v) is 3.11. The molecular weight excluding hydrogens is 302 g/mol. The number of rotatable bonds is 9.